The van der Waals surface area contributed by atoms with E-state index in [9.17, 15) is 18.0 Å². The molecular weight excluding hydrogens is 281 g/mol. The first-order valence-electron chi connectivity index (χ1n) is 6.48. The van der Waals surface area contributed by atoms with Gasteiger partial charge in [-0.25, -0.2) is 4.98 Å². The van der Waals surface area contributed by atoms with Gasteiger partial charge >= 0.3 is 6.18 Å². The molecular formula is C15H15F3N2O. The predicted octanol–water partition coefficient (Wildman–Crippen LogP) is 3.89. The average Bonchev–Trinajstić information content (AvgIpc) is 2.40. The van der Waals surface area contributed by atoms with Gasteiger partial charge in [0.1, 0.15) is 5.82 Å². The summed E-state index contributed by atoms with van der Waals surface area (Å²) in [4.78, 5) is 18.8. The molecule has 0 bridgehead atoms. The molecule has 112 valence electrons. The lowest BCUT2D eigenvalue weighted by atomic mass is 10.0. The Bertz CT molecular complexity index is 718. The van der Waals surface area contributed by atoms with E-state index < -0.39 is 11.7 Å². The molecule has 0 amide bonds. The maximum Gasteiger partial charge on any atom is 0.416 e. The van der Waals surface area contributed by atoms with Crippen molar-refractivity contribution in [2.24, 2.45) is 0 Å². The lowest BCUT2D eigenvalue weighted by Gasteiger charge is -2.12. The van der Waals surface area contributed by atoms with Crippen LogP contribution >= 0.6 is 0 Å². The lowest BCUT2D eigenvalue weighted by molar-refractivity contribution is -0.137. The second-order valence-electron chi connectivity index (χ2n) is 5.16. The fourth-order valence-electron chi connectivity index (χ4n) is 1.95. The molecule has 3 nitrogen and oxygen atoms in total. The summed E-state index contributed by atoms with van der Waals surface area (Å²) in [7, 11) is 0. The van der Waals surface area contributed by atoms with E-state index >= 15 is 0 Å². The van der Waals surface area contributed by atoms with Gasteiger partial charge in [-0.2, -0.15) is 13.2 Å². The molecule has 6 heteroatoms. The first-order valence-corrected chi connectivity index (χ1v) is 6.48. The zero-order valence-electron chi connectivity index (χ0n) is 11.9. The molecule has 0 saturated carbocycles. The number of aromatic nitrogens is 2. The summed E-state index contributed by atoms with van der Waals surface area (Å²) in [6.45, 7) is 5.25. The van der Waals surface area contributed by atoms with Crippen LogP contribution in [-0.4, -0.2) is 9.97 Å². The summed E-state index contributed by atoms with van der Waals surface area (Å²) in [5.74, 6) is 0.431. The number of benzene rings is 1. The first kappa shape index (κ1) is 15.3. The number of hydrogen-bond donors (Lipinski definition) is 1. The van der Waals surface area contributed by atoms with Gasteiger partial charge in [0.15, 0.2) is 0 Å². The standard InChI is InChI=1S/C15H15F3N2O/c1-8(2)13-19-12(9(3)14(21)20-13)10-5-4-6-11(7-10)15(16,17)18/h4-8H,1-3H3,(H,19,20,21). The van der Waals surface area contributed by atoms with Gasteiger partial charge < -0.3 is 4.98 Å². The third-order valence-electron chi connectivity index (χ3n) is 3.18. The van der Waals surface area contributed by atoms with E-state index in [1.165, 1.54) is 12.1 Å². The number of rotatable bonds is 2. The highest BCUT2D eigenvalue weighted by atomic mass is 19.4. The summed E-state index contributed by atoms with van der Waals surface area (Å²) in [5, 5.41) is 0. The number of hydrogen-bond acceptors (Lipinski definition) is 2. The van der Waals surface area contributed by atoms with Crippen molar-refractivity contribution in [3.8, 4) is 11.3 Å². The van der Waals surface area contributed by atoms with Crippen LogP contribution in [0, 0.1) is 6.92 Å². The van der Waals surface area contributed by atoms with E-state index in [1.807, 2.05) is 13.8 Å². The van der Waals surface area contributed by atoms with Gasteiger partial charge in [-0.05, 0) is 19.1 Å². The number of H-pyrrole nitrogens is 1. The molecule has 0 unspecified atom stereocenters. The minimum absolute atomic E-state index is 0.0251. The molecule has 2 rings (SSSR count). The Hall–Kier alpha value is -2.11. The fraction of sp³-hybridized carbons (Fsp3) is 0.333. The van der Waals surface area contributed by atoms with E-state index in [1.54, 1.807) is 6.92 Å². The van der Waals surface area contributed by atoms with Crippen LogP contribution in [0.3, 0.4) is 0 Å². The van der Waals surface area contributed by atoms with E-state index in [-0.39, 0.29) is 22.7 Å². The van der Waals surface area contributed by atoms with Crippen molar-refractivity contribution in [1.82, 2.24) is 9.97 Å². The van der Waals surface area contributed by atoms with Crippen molar-refractivity contribution in [3.05, 3.63) is 51.6 Å². The van der Waals surface area contributed by atoms with E-state index in [0.29, 0.717) is 11.4 Å². The van der Waals surface area contributed by atoms with Gasteiger partial charge in [0.05, 0.1) is 11.3 Å². The van der Waals surface area contributed by atoms with Crippen LogP contribution < -0.4 is 5.56 Å². The Labute approximate surface area is 119 Å². The van der Waals surface area contributed by atoms with Gasteiger partial charge in [0.25, 0.3) is 5.56 Å². The molecule has 0 spiro atoms. The second kappa shape index (κ2) is 5.35. The van der Waals surface area contributed by atoms with Crippen LogP contribution in [0.4, 0.5) is 13.2 Å². The average molecular weight is 296 g/mol. The minimum atomic E-state index is -4.42. The van der Waals surface area contributed by atoms with Crippen LogP contribution in [0.25, 0.3) is 11.3 Å². The Morgan fingerprint density at radius 1 is 1.24 bits per heavy atom. The molecule has 0 fully saturated rings. The third-order valence-corrected chi connectivity index (χ3v) is 3.18. The van der Waals surface area contributed by atoms with Gasteiger partial charge in [0.2, 0.25) is 0 Å². The van der Waals surface area contributed by atoms with Gasteiger partial charge in [-0.3, -0.25) is 4.79 Å². The molecule has 0 radical (unpaired) electrons. The quantitative estimate of drug-likeness (QED) is 0.914. The monoisotopic (exact) mass is 296 g/mol. The maximum atomic E-state index is 12.8. The predicted molar refractivity (Wildman–Crippen MR) is 74.1 cm³/mol. The SMILES string of the molecule is Cc1c(-c2cccc(C(F)(F)F)c2)nc(C(C)C)[nH]c1=O. The molecule has 1 heterocycles. The summed E-state index contributed by atoms with van der Waals surface area (Å²) in [5.41, 5.74) is -0.212. The fourth-order valence-corrected chi connectivity index (χ4v) is 1.95. The summed E-state index contributed by atoms with van der Waals surface area (Å²) < 4.78 is 38.3. The number of halogens is 3. The zero-order chi connectivity index (χ0) is 15.8. The normalized spacial score (nSPS) is 12.0. The van der Waals surface area contributed by atoms with Gasteiger partial charge in [-0.15, -0.1) is 0 Å². The number of aromatic amines is 1. The van der Waals surface area contributed by atoms with Crippen molar-refractivity contribution in [2.75, 3.05) is 0 Å². The number of nitrogens with one attached hydrogen (secondary N) is 1. The Morgan fingerprint density at radius 2 is 1.90 bits per heavy atom. The highest BCUT2D eigenvalue weighted by molar-refractivity contribution is 5.63. The molecule has 0 saturated heterocycles. The van der Waals surface area contributed by atoms with E-state index in [0.717, 1.165) is 12.1 Å². The van der Waals surface area contributed by atoms with Gasteiger partial charge in [0, 0.05) is 17.0 Å². The summed E-state index contributed by atoms with van der Waals surface area (Å²) in [6.07, 6.45) is -4.42. The molecule has 1 N–H and O–H groups in total. The molecule has 0 atom stereocenters. The first-order chi connectivity index (χ1) is 9.70. The molecule has 2 aromatic rings. The van der Waals surface area contributed by atoms with Crippen molar-refractivity contribution in [1.29, 1.82) is 0 Å². The van der Waals surface area contributed by atoms with Crippen molar-refractivity contribution in [3.63, 3.8) is 0 Å². The molecule has 0 aliphatic heterocycles. The van der Waals surface area contributed by atoms with Gasteiger partial charge in [-0.1, -0.05) is 26.0 Å². The highest BCUT2D eigenvalue weighted by Crippen LogP contribution is 2.32. The lowest BCUT2D eigenvalue weighted by Crippen LogP contribution is -2.17. The smallest absolute Gasteiger partial charge is 0.310 e. The molecule has 0 aliphatic carbocycles. The topological polar surface area (TPSA) is 45.8 Å². The van der Waals surface area contributed by atoms with Crippen molar-refractivity contribution >= 4 is 0 Å². The summed E-state index contributed by atoms with van der Waals surface area (Å²) >= 11 is 0. The largest absolute Gasteiger partial charge is 0.416 e. The Morgan fingerprint density at radius 3 is 2.48 bits per heavy atom. The maximum absolute atomic E-state index is 12.8. The second-order valence-corrected chi connectivity index (χ2v) is 5.16. The highest BCUT2D eigenvalue weighted by Gasteiger charge is 2.30. The molecule has 0 aliphatic rings. The van der Waals surface area contributed by atoms with E-state index in [4.69, 9.17) is 0 Å². The van der Waals surface area contributed by atoms with Crippen LogP contribution in [0.1, 0.15) is 36.7 Å². The van der Waals surface area contributed by atoms with Crippen LogP contribution in [-0.2, 0) is 6.18 Å². The summed E-state index contributed by atoms with van der Waals surface area (Å²) in [6, 6.07) is 4.85. The van der Waals surface area contributed by atoms with E-state index in [2.05, 4.69) is 9.97 Å². The molecule has 1 aromatic heterocycles. The minimum Gasteiger partial charge on any atom is -0.310 e. The van der Waals surface area contributed by atoms with Crippen LogP contribution in [0.15, 0.2) is 29.1 Å². The third kappa shape index (κ3) is 3.15. The number of nitrogens with zero attached hydrogens (tertiary/aromatic N) is 1. The van der Waals surface area contributed by atoms with Crippen LogP contribution in [0.2, 0.25) is 0 Å². The van der Waals surface area contributed by atoms with Crippen LogP contribution in [0.5, 0.6) is 0 Å². The number of alkyl halides is 3. The Kier molecular flexibility index (Phi) is 3.89. The molecule has 21 heavy (non-hydrogen) atoms. The van der Waals surface area contributed by atoms with Crippen molar-refractivity contribution < 1.29 is 13.2 Å². The zero-order valence-corrected chi connectivity index (χ0v) is 11.9. The molecule has 1 aromatic carbocycles. The van der Waals surface area contributed by atoms with Crippen molar-refractivity contribution in [2.45, 2.75) is 32.9 Å². The Balaban J connectivity index is 2.64.